The summed E-state index contributed by atoms with van der Waals surface area (Å²) >= 11 is 0. The Hall–Kier alpha value is -1.65. The normalized spacial score (nSPS) is 19.0. The fourth-order valence-electron chi connectivity index (χ4n) is 3.27. The van der Waals surface area contributed by atoms with Crippen molar-refractivity contribution in [2.75, 3.05) is 6.61 Å². The average molecular weight is 346 g/mol. The van der Waals surface area contributed by atoms with Gasteiger partial charge in [0, 0.05) is 5.92 Å². The van der Waals surface area contributed by atoms with E-state index in [9.17, 15) is 9.90 Å². The minimum absolute atomic E-state index is 0.0601. The first kappa shape index (κ1) is 19.7. The van der Waals surface area contributed by atoms with Crippen LogP contribution in [-0.2, 0) is 20.7 Å². The van der Waals surface area contributed by atoms with Crippen LogP contribution in [0.1, 0.15) is 58.1 Å². The minimum Gasteiger partial charge on any atom is -0.460 e. The fraction of sp³-hybridized carbons (Fsp3) is 0.571. The molecule has 4 nitrogen and oxygen atoms in total. The monoisotopic (exact) mass is 346 g/mol. The first-order chi connectivity index (χ1) is 11.7. The highest BCUT2D eigenvalue weighted by Crippen LogP contribution is 2.39. The minimum atomic E-state index is -1.01. The average Bonchev–Trinajstić information content (AvgIpc) is 2.89. The van der Waals surface area contributed by atoms with Crippen molar-refractivity contribution in [3.05, 3.63) is 47.0 Å². The maximum Gasteiger partial charge on any atom is 0.312 e. The van der Waals surface area contributed by atoms with Crippen LogP contribution in [0.5, 0.6) is 0 Å². The predicted molar refractivity (Wildman–Crippen MR) is 98.2 cm³/mol. The summed E-state index contributed by atoms with van der Waals surface area (Å²) in [4.78, 5) is 12.8. The van der Waals surface area contributed by atoms with Crippen LogP contribution >= 0.6 is 0 Å². The molecule has 0 aromatic heterocycles. The molecule has 0 saturated heterocycles. The quantitative estimate of drug-likeness (QED) is 0.481. The molecule has 1 aliphatic carbocycles. The molecule has 3 unspecified atom stereocenters. The Balaban J connectivity index is 2.18. The number of esters is 1. The second-order valence-electron chi connectivity index (χ2n) is 7.95. The number of fused-ring (bicyclic) bond motifs is 1. The van der Waals surface area contributed by atoms with Gasteiger partial charge in [0.1, 0.15) is 5.60 Å². The summed E-state index contributed by atoms with van der Waals surface area (Å²) < 4.78 is 11.2. The first-order valence-electron chi connectivity index (χ1n) is 8.93. The Morgan fingerprint density at radius 1 is 1.32 bits per heavy atom. The van der Waals surface area contributed by atoms with Crippen molar-refractivity contribution in [1.29, 1.82) is 0 Å². The maximum atomic E-state index is 12.8. The van der Waals surface area contributed by atoms with Gasteiger partial charge < -0.3 is 14.6 Å². The molecule has 0 heterocycles. The van der Waals surface area contributed by atoms with E-state index in [1.165, 1.54) is 11.1 Å². The molecule has 0 amide bonds. The van der Waals surface area contributed by atoms with Gasteiger partial charge >= 0.3 is 5.97 Å². The number of rotatable bonds is 6. The standard InChI is InChI=1S/C21H30O4/c1-14(2)12-19(22)24-13-18(20(23)25-21(3,4)5)17-11-10-15-8-6-7-9-16(15)17/h6-9,12,17-19,22H,10-11,13H2,1-5H3. The number of carbonyl (C=O) groups excluding carboxylic acids is 1. The highest BCUT2D eigenvalue weighted by Gasteiger charge is 2.37. The van der Waals surface area contributed by atoms with Crippen molar-refractivity contribution < 1.29 is 19.4 Å². The zero-order valence-electron chi connectivity index (χ0n) is 15.9. The van der Waals surface area contributed by atoms with Crippen LogP contribution in [0, 0.1) is 5.92 Å². The van der Waals surface area contributed by atoms with Crippen molar-refractivity contribution in [3.63, 3.8) is 0 Å². The molecular formula is C21H30O4. The first-order valence-corrected chi connectivity index (χ1v) is 8.93. The van der Waals surface area contributed by atoms with Gasteiger partial charge in [0.25, 0.3) is 0 Å². The van der Waals surface area contributed by atoms with Gasteiger partial charge in [-0.2, -0.15) is 0 Å². The molecule has 3 atom stereocenters. The summed E-state index contributed by atoms with van der Waals surface area (Å²) in [5.74, 6) is -0.633. The van der Waals surface area contributed by atoms with Crippen molar-refractivity contribution in [2.24, 2.45) is 5.92 Å². The van der Waals surface area contributed by atoms with Crippen LogP contribution in [-0.4, -0.2) is 29.6 Å². The number of hydrogen-bond donors (Lipinski definition) is 1. The highest BCUT2D eigenvalue weighted by atomic mass is 16.6. The van der Waals surface area contributed by atoms with Crippen LogP contribution in [0.4, 0.5) is 0 Å². The Morgan fingerprint density at radius 3 is 2.64 bits per heavy atom. The van der Waals surface area contributed by atoms with Gasteiger partial charge in [-0.1, -0.05) is 29.8 Å². The van der Waals surface area contributed by atoms with Gasteiger partial charge in [0.15, 0.2) is 6.29 Å². The Kier molecular flexibility index (Phi) is 6.42. The molecule has 4 heteroatoms. The molecule has 1 N–H and O–H groups in total. The lowest BCUT2D eigenvalue weighted by molar-refractivity contribution is -0.166. The van der Waals surface area contributed by atoms with Crippen LogP contribution < -0.4 is 0 Å². The van der Waals surface area contributed by atoms with Crippen LogP contribution in [0.25, 0.3) is 0 Å². The number of hydrogen-bond acceptors (Lipinski definition) is 4. The Bertz CT molecular complexity index is 623. The van der Waals surface area contributed by atoms with E-state index in [1.54, 1.807) is 6.08 Å². The molecule has 2 rings (SSSR count). The molecule has 0 radical (unpaired) electrons. The third-order valence-electron chi connectivity index (χ3n) is 4.30. The van der Waals surface area contributed by atoms with E-state index >= 15 is 0 Å². The molecule has 1 aliphatic rings. The number of benzene rings is 1. The second kappa shape index (κ2) is 8.15. The smallest absolute Gasteiger partial charge is 0.312 e. The number of aliphatic hydroxyl groups excluding tert-OH is 1. The molecular weight excluding hydrogens is 316 g/mol. The van der Waals surface area contributed by atoms with Gasteiger partial charge in [-0.25, -0.2) is 0 Å². The number of aliphatic hydroxyl groups is 1. The van der Waals surface area contributed by atoms with Crippen LogP contribution in [0.2, 0.25) is 0 Å². The lowest BCUT2D eigenvalue weighted by atomic mass is 9.87. The van der Waals surface area contributed by atoms with Gasteiger partial charge in [0.2, 0.25) is 0 Å². The molecule has 1 aromatic rings. The maximum absolute atomic E-state index is 12.8. The van der Waals surface area contributed by atoms with E-state index in [2.05, 4.69) is 12.1 Å². The summed E-state index contributed by atoms with van der Waals surface area (Å²) in [5, 5.41) is 9.97. The highest BCUT2D eigenvalue weighted by molar-refractivity contribution is 5.74. The topological polar surface area (TPSA) is 55.8 Å². The molecule has 0 aliphatic heterocycles. The third-order valence-corrected chi connectivity index (χ3v) is 4.30. The van der Waals surface area contributed by atoms with Gasteiger partial charge in [-0.05, 0) is 64.7 Å². The lowest BCUT2D eigenvalue weighted by Gasteiger charge is -2.28. The van der Waals surface area contributed by atoms with Crippen molar-refractivity contribution in [3.8, 4) is 0 Å². The SMILES string of the molecule is CC(C)=CC(O)OCC(C(=O)OC(C)(C)C)C1CCc2ccccc21. The van der Waals surface area contributed by atoms with E-state index in [4.69, 9.17) is 9.47 Å². The molecule has 0 fully saturated rings. The summed E-state index contributed by atoms with van der Waals surface area (Å²) in [5.41, 5.74) is 2.89. The predicted octanol–water partition coefficient (Wildman–Crippen LogP) is 3.98. The van der Waals surface area contributed by atoms with E-state index in [-0.39, 0.29) is 18.5 Å². The van der Waals surface area contributed by atoms with Crippen LogP contribution in [0.15, 0.2) is 35.9 Å². The van der Waals surface area contributed by atoms with Crippen molar-refractivity contribution >= 4 is 5.97 Å². The lowest BCUT2D eigenvalue weighted by Crippen LogP contribution is -2.34. The Morgan fingerprint density at radius 2 is 2.00 bits per heavy atom. The van der Waals surface area contributed by atoms with Crippen molar-refractivity contribution in [1.82, 2.24) is 0 Å². The van der Waals surface area contributed by atoms with Crippen molar-refractivity contribution in [2.45, 2.75) is 65.3 Å². The van der Waals surface area contributed by atoms with E-state index in [0.29, 0.717) is 0 Å². The summed E-state index contributed by atoms with van der Waals surface area (Å²) in [6.45, 7) is 9.52. The molecule has 0 bridgehead atoms. The fourth-order valence-corrected chi connectivity index (χ4v) is 3.27. The third kappa shape index (κ3) is 5.68. The molecule has 0 saturated carbocycles. The molecule has 0 spiro atoms. The number of allylic oxidation sites excluding steroid dienone is 1. The second-order valence-corrected chi connectivity index (χ2v) is 7.95. The Labute approximate surface area is 150 Å². The molecule has 25 heavy (non-hydrogen) atoms. The number of aryl methyl sites for hydroxylation is 1. The largest absolute Gasteiger partial charge is 0.460 e. The van der Waals surface area contributed by atoms with E-state index in [1.807, 2.05) is 46.8 Å². The van der Waals surface area contributed by atoms with Gasteiger partial charge in [-0.15, -0.1) is 0 Å². The summed E-state index contributed by atoms with van der Waals surface area (Å²) in [6.07, 6.45) is 2.48. The van der Waals surface area contributed by atoms with Gasteiger partial charge in [-0.3, -0.25) is 4.79 Å². The van der Waals surface area contributed by atoms with E-state index in [0.717, 1.165) is 18.4 Å². The van der Waals surface area contributed by atoms with Gasteiger partial charge in [0.05, 0.1) is 12.5 Å². The zero-order valence-corrected chi connectivity index (χ0v) is 15.9. The summed E-state index contributed by atoms with van der Waals surface area (Å²) in [7, 11) is 0. The van der Waals surface area contributed by atoms with Crippen LogP contribution in [0.3, 0.4) is 0 Å². The molecule has 1 aromatic carbocycles. The number of ether oxygens (including phenoxy) is 2. The zero-order chi connectivity index (χ0) is 18.6. The van der Waals surface area contributed by atoms with E-state index < -0.39 is 17.8 Å². The molecule has 138 valence electrons. The number of carbonyl (C=O) groups is 1. The summed E-state index contributed by atoms with van der Waals surface area (Å²) in [6, 6.07) is 8.22.